The van der Waals surface area contributed by atoms with Crippen molar-refractivity contribution in [3.05, 3.63) is 35.9 Å². The maximum atomic E-state index is 12.3. The van der Waals surface area contributed by atoms with Gasteiger partial charge in [0.25, 0.3) is 0 Å². The van der Waals surface area contributed by atoms with Gasteiger partial charge < -0.3 is 15.0 Å². The van der Waals surface area contributed by atoms with Gasteiger partial charge in [0.1, 0.15) is 0 Å². The Labute approximate surface area is 151 Å². The zero-order valence-corrected chi connectivity index (χ0v) is 15.2. The quantitative estimate of drug-likeness (QED) is 0.814. The van der Waals surface area contributed by atoms with E-state index in [1.165, 1.54) is 12.0 Å². The van der Waals surface area contributed by atoms with Crippen molar-refractivity contribution in [2.24, 2.45) is 0 Å². The Balaban J connectivity index is 1.35. The largest absolute Gasteiger partial charge is 0.379 e. The topological polar surface area (TPSA) is 44.8 Å². The highest BCUT2D eigenvalue weighted by molar-refractivity contribution is 5.76. The predicted molar refractivity (Wildman–Crippen MR) is 99.6 cm³/mol. The number of rotatable bonds is 7. The van der Waals surface area contributed by atoms with Gasteiger partial charge in [-0.05, 0) is 31.4 Å². The highest BCUT2D eigenvalue weighted by Gasteiger charge is 2.21. The molecule has 1 atom stereocenters. The van der Waals surface area contributed by atoms with Gasteiger partial charge in [-0.15, -0.1) is 0 Å². The normalized spacial score (nSPS) is 22.6. The maximum absolute atomic E-state index is 12.3. The summed E-state index contributed by atoms with van der Waals surface area (Å²) in [6, 6.07) is 10.9. The highest BCUT2D eigenvalue weighted by Crippen LogP contribution is 2.12. The van der Waals surface area contributed by atoms with Crippen molar-refractivity contribution in [1.29, 1.82) is 0 Å². The predicted octanol–water partition coefficient (Wildman–Crippen LogP) is 1.53. The summed E-state index contributed by atoms with van der Waals surface area (Å²) in [6.07, 6.45) is 3.95. The van der Waals surface area contributed by atoms with Gasteiger partial charge >= 0.3 is 0 Å². The molecule has 2 aliphatic rings. The monoisotopic (exact) mass is 345 g/mol. The molecule has 0 unspecified atom stereocenters. The lowest BCUT2D eigenvalue weighted by atomic mass is 10.0. The molecule has 5 nitrogen and oxygen atoms in total. The van der Waals surface area contributed by atoms with Crippen LogP contribution < -0.4 is 5.32 Å². The van der Waals surface area contributed by atoms with Gasteiger partial charge in [0.05, 0.1) is 13.2 Å². The summed E-state index contributed by atoms with van der Waals surface area (Å²) in [6.45, 7) is 7.53. The van der Waals surface area contributed by atoms with Gasteiger partial charge in [-0.1, -0.05) is 30.3 Å². The molecule has 0 radical (unpaired) electrons. The van der Waals surface area contributed by atoms with Gasteiger partial charge in [0.2, 0.25) is 5.91 Å². The average molecular weight is 345 g/mol. The van der Waals surface area contributed by atoms with Crippen molar-refractivity contribution in [1.82, 2.24) is 15.1 Å². The van der Waals surface area contributed by atoms with E-state index < -0.39 is 0 Å². The van der Waals surface area contributed by atoms with E-state index in [0.717, 1.165) is 65.3 Å². The summed E-state index contributed by atoms with van der Waals surface area (Å²) in [7, 11) is 0. The fourth-order valence-corrected chi connectivity index (χ4v) is 3.69. The van der Waals surface area contributed by atoms with Crippen molar-refractivity contribution >= 4 is 5.91 Å². The number of nitrogens with zero attached hydrogens (tertiary/aromatic N) is 2. The number of amides is 1. The molecule has 25 heavy (non-hydrogen) atoms. The molecule has 0 bridgehead atoms. The molecule has 5 heteroatoms. The van der Waals surface area contributed by atoms with E-state index in [2.05, 4.69) is 45.4 Å². The SMILES string of the molecule is O=C(CCN1CCOCC1)N[C@@H]1CCCN(CCc2ccccc2)C1. The zero-order valence-electron chi connectivity index (χ0n) is 15.2. The summed E-state index contributed by atoms with van der Waals surface area (Å²) in [5.41, 5.74) is 1.39. The minimum absolute atomic E-state index is 0.196. The number of benzene rings is 1. The third-order valence-electron chi connectivity index (χ3n) is 5.19. The van der Waals surface area contributed by atoms with Crippen LogP contribution in [0.1, 0.15) is 24.8 Å². The number of piperidine rings is 1. The van der Waals surface area contributed by atoms with Crippen LogP contribution in [0.3, 0.4) is 0 Å². The second-order valence-electron chi connectivity index (χ2n) is 7.15. The molecule has 1 aromatic rings. The Morgan fingerprint density at radius 2 is 1.88 bits per heavy atom. The molecule has 2 fully saturated rings. The van der Waals surface area contributed by atoms with Crippen molar-refractivity contribution in [3.8, 4) is 0 Å². The maximum Gasteiger partial charge on any atom is 0.221 e. The van der Waals surface area contributed by atoms with Gasteiger partial charge in [-0.2, -0.15) is 0 Å². The Morgan fingerprint density at radius 1 is 1.08 bits per heavy atom. The smallest absolute Gasteiger partial charge is 0.221 e. The first-order chi connectivity index (χ1) is 12.3. The van der Waals surface area contributed by atoms with Gasteiger partial charge in [-0.3, -0.25) is 9.69 Å². The lowest BCUT2D eigenvalue weighted by molar-refractivity contribution is -0.122. The summed E-state index contributed by atoms with van der Waals surface area (Å²) >= 11 is 0. The zero-order chi connectivity index (χ0) is 17.3. The van der Waals surface area contributed by atoms with Crippen molar-refractivity contribution in [3.63, 3.8) is 0 Å². The Morgan fingerprint density at radius 3 is 2.68 bits per heavy atom. The molecule has 1 amide bonds. The molecule has 0 aromatic heterocycles. The van der Waals surface area contributed by atoms with E-state index >= 15 is 0 Å². The van der Waals surface area contributed by atoms with Crippen LogP contribution in [0.15, 0.2) is 30.3 Å². The second-order valence-corrected chi connectivity index (χ2v) is 7.15. The number of nitrogens with one attached hydrogen (secondary N) is 1. The second kappa shape index (κ2) is 9.90. The summed E-state index contributed by atoms with van der Waals surface area (Å²) in [5.74, 6) is 0.196. The fourth-order valence-electron chi connectivity index (χ4n) is 3.69. The lowest BCUT2D eigenvalue weighted by Gasteiger charge is -2.33. The molecule has 138 valence electrons. The van der Waals surface area contributed by atoms with E-state index in [4.69, 9.17) is 4.74 Å². The van der Waals surface area contributed by atoms with Crippen molar-refractivity contribution < 1.29 is 9.53 Å². The Bertz CT molecular complexity index is 517. The minimum atomic E-state index is 0.196. The van der Waals surface area contributed by atoms with Crippen molar-refractivity contribution in [2.75, 3.05) is 52.5 Å². The third kappa shape index (κ3) is 6.42. The van der Waals surface area contributed by atoms with Gasteiger partial charge in [0.15, 0.2) is 0 Å². The van der Waals surface area contributed by atoms with Gasteiger partial charge in [-0.25, -0.2) is 0 Å². The van der Waals surface area contributed by atoms with Crippen LogP contribution >= 0.6 is 0 Å². The molecule has 1 aromatic carbocycles. The minimum Gasteiger partial charge on any atom is -0.379 e. The molecular formula is C20H31N3O2. The van der Waals surface area contributed by atoms with Crippen LogP contribution in [0.5, 0.6) is 0 Å². The van der Waals surface area contributed by atoms with E-state index in [9.17, 15) is 4.79 Å². The average Bonchev–Trinajstić information content (AvgIpc) is 2.67. The van der Waals surface area contributed by atoms with Gasteiger partial charge in [0, 0.05) is 45.2 Å². The van der Waals surface area contributed by atoms with E-state index in [1.54, 1.807) is 0 Å². The van der Waals surface area contributed by atoms with Crippen molar-refractivity contribution in [2.45, 2.75) is 31.7 Å². The van der Waals surface area contributed by atoms with Crippen LogP contribution in [0.2, 0.25) is 0 Å². The number of ether oxygens (including phenoxy) is 1. The standard InChI is InChI=1S/C20H31N3O2/c24-20(9-12-22-13-15-25-16-14-22)21-19-7-4-10-23(17-19)11-8-18-5-2-1-3-6-18/h1-3,5-6,19H,4,7-17H2,(H,21,24)/t19-/m1/s1. The van der Waals surface area contributed by atoms with Crippen LogP contribution in [0.25, 0.3) is 0 Å². The van der Waals surface area contributed by atoms with E-state index in [-0.39, 0.29) is 5.91 Å². The highest BCUT2D eigenvalue weighted by atomic mass is 16.5. The molecule has 3 rings (SSSR count). The Hall–Kier alpha value is -1.43. The summed E-state index contributed by atoms with van der Waals surface area (Å²) < 4.78 is 5.35. The molecule has 2 saturated heterocycles. The number of carbonyl (C=O) groups is 1. The summed E-state index contributed by atoms with van der Waals surface area (Å²) in [4.78, 5) is 17.1. The molecular weight excluding hydrogens is 314 g/mol. The molecule has 0 saturated carbocycles. The third-order valence-corrected chi connectivity index (χ3v) is 5.19. The fraction of sp³-hybridized carbons (Fsp3) is 0.650. The van der Waals surface area contributed by atoms with Crippen LogP contribution in [-0.4, -0.2) is 74.2 Å². The number of carbonyl (C=O) groups excluding carboxylic acids is 1. The first-order valence-corrected chi connectivity index (χ1v) is 9.65. The van der Waals surface area contributed by atoms with E-state index in [0.29, 0.717) is 12.5 Å². The number of likely N-dealkylation sites (tertiary alicyclic amines) is 1. The molecule has 0 spiro atoms. The first kappa shape index (κ1) is 18.4. The molecule has 2 heterocycles. The first-order valence-electron chi connectivity index (χ1n) is 9.65. The Kier molecular flexibility index (Phi) is 7.27. The molecule has 0 aliphatic carbocycles. The van der Waals surface area contributed by atoms with Crippen LogP contribution in [-0.2, 0) is 16.0 Å². The number of hydrogen-bond donors (Lipinski definition) is 1. The van der Waals surface area contributed by atoms with E-state index in [1.807, 2.05) is 0 Å². The van der Waals surface area contributed by atoms with Crippen LogP contribution in [0.4, 0.5) is 0 Å². The van der Waals surface area contributed by atoms with Crippen LogP contribution in [0, 0.1) is 0 Å². The summed E-state index contributed by atoms with van der Waals surface area (Å²) in [5, 5.41) is 3.25. The lowest BCUT2D eigenvalue weighted by Crippen LogP contribution is -2.48. The number of morpholine rings is 1. The molecule has 2 aliphatic heterocycles. The number of hydrogen-bond acceptors (Lipinski definition) is 4. The molecule has 1 N–H and O–H groups in total.